The molecule has 0 aliphatic carbocycles. The third-order valence-corrected chi connectivity index (χ3v) is 7.27. The summed E-state index contributed by atoms with van der Waals surface area (Å²) in [5.74, 6) is 2.14. The summed E-state index contributed by atoms with van der Waals surface area (Å²) in [4.78, 5) is 4.68. The zero-order valence-electron chi connectivity index (χ0n) is 20.2. The molecule has 0 radical (unpaired) electrons. The standard InChI is InChI=1S/C27H22ClFN4O3S/c1-34-20-10-6-15(12-21(20)35-2)25-22-23(18-13-16(28)7-11-19(18)36-25)30-26-31-27(37-3)32-33(26)24(22)14-4-8-17(29)9-5-14/h4-13,24-25H,1-3H3,(H,30,31,32)/t24-,25+/m0/s1. The lowest BCUT2D eigenvalue weighted by atomic mass is 9.84. The zero-order chi connectivity index (χ0) is 25.7. The third kappa shape index (κ3) is 3.98. The van der Waals surface area contributed by atoms with Gasteiger partial charge in [0.25, 0.3) is 0 Å². The molecule has 6 rings (SSSR count). The van der Waals surface area contributed by atoms with Gasteiger partial charge in [-0.25, -0.2) is 9.07 Å². The summed E-state index contributed by atoms with van der Waals surface area (Å²) < 4.78 is 33.5. The normalized spacial score (nSPS) is 17.8. The van der Waals surface area contributed by atoms with Crippen LogP contribution in [-0.2, 0) is 0 Å². The Balaban J connectivity index is 1.62. The second-order valence-corrected chi connectivity index (χ2v) is 9.74. The quantitative estimate of drug-likeness (QED) is 0.297. The topological polar surface area (TPSA) is 70.4 Å². The molecule has 37 heavy (non-hydrogen) atoms. The van der Waals surface area contributed by atoms with Crippen LogP contribution >= 0.6 is 23.4 Å². The summed E-state index contributed by atoms with van der Waals surface area (Å²) in [6.07, 6.45) is 1.40. The summed E-state index contributed by atoms with van der Waals surface area (Å²) in [6, 6.07) is 17.2. The highest BCUT2D eigenvalue weighted by Crippen LogP contribution is 2.52. The minimum Gasteiger partial charge on any atom is -0.493 e. The van der Waals surface area contributed by atoms with Crippen LogP contribution in [0.1, 0.15) is 28.8 Å². The largest absolute Gasteiger partial charge is 0.493 e. The van der Waals surface area contributed by atoms with Crippen LogP contribution in [0.4, 0.5) is 10.3 Å². The van der Waals surface area contributed by atoms with E-state index >= 15 is 0 Å². The van der Waals surface area contributed by atoms with E-state index in [0.717, 1.165) is 28.0 Å². The number of nitrogens with one attached hydrogen (secondary N) is 1. The van der Waals surface area contributed by atoms with Crippen LogP contribution in [0.2, 0.25) is 5.02 Å². The molecule has 2 aliphatic heterocycles. The van der Waals surface area contributed by atoms with Crippen molar-refractivity contribution in [1.82, 2.24) is 14.8 Å². The number of nitrogens with zero attached hydrogens (tertiary/aromatic N) is 3. The lowest BCUT2D eigenvalue weighted by Crippen LogP contribution is -2.32. The summed E-state index contributed by atoms with van der Waals surface area (Å²) in [5, 5.41) is 9.44. The zero-order valence-corrected chi connectivity index (χ0v) is 21.7. The molecule has 4 aromatic rings. The van der Waals surface area contributed by atoms with Gasteiger partial charge in [-0.1, -0.05) is 41.6 Å². The number of benzene rings is 3. The van der Waals surface area contributed by atoms with E-state index in [1.54, 1.807) is 32.4 Å². The van der Waals surface area contributed by atoms with Gasteiger partial charge in [0.1, 0.15) is 23.7 Å². The molecule has 3 aromatic carbocycles. The van der Waals surface area contributed by atoms with Crippen LogP contribution in [0.25, 0.3) is 5.70 Å². The first-order valence-electron chi connectivity index (χ1n) is 11.5. The number of anilines is 1. The van der Waals surface area contributed by atoms with Crippen molar-refractivity contribution in [3.63, 3.8) is 0 Å². The van der Waals surface area contributed by atoms with Crippen LogP contribution in [0, 0.1) is 5.82 Å². The molecule has 0 spiro atoms. The molecule has 0 bridgehead atoms. The molecule has 188 valence electrons. The number of methoxy groups -OCH3 is 2. The monoisotopic (exact) mass is 536 g/mol. The second kappa shape index (κ2) is 9.32. The van der Waals surface area contributed by atoms with Gasteiger partial charge >= 0.3 is 0 Å². The number of aromatic nitrogens is 3. The molecule has 0 fully saturated rings. The molecule has 2 atom stereocenters. The highest BCUT2D eigenvalue weighted by atomic mass is 35.5. The Bertz CT molecular complexity index is 1540. The Morgan fingerprint density at radius 2 is 1.76 bits per heavy atom. The van der Waals surface area contributed by atoms with Crippen LogP contribution in [0.3, 0.4) is 0 Å². The van der Waals surface area contributed by atoms with Gasteiger partial charge < -0.3 is 19.5 Å². The van der Waals surface area contributed by atoms with E-state index in [4.69, 9.17) is 30.9 Å². The van der Waals surface area contributed by atoms with Crippen molar-refractivity contribution in [3.8, 4) is 17.2 Å². The van der Waals surface area contributed by atoms with Crippen molar-refractivity contribution in [2.24, 2.45) is 0 Å². The van der Waals surface area contributed by atoms with Crippen molar-refractivity contribution in [2.45, 2.75) is 17.3 Å². The van der Waals surface area contributed by atoms with E-state index in [0.29, 0.717) is 33.4 Å². The Morgan fingerprint density at radius 1 is 1.00 bits per heavy atom. The molecule has 0 saturated carbocycles. The van der Waals surface area contributed by atoms with Crippen molar-refractivity contribution in [1.29, 1.82) is 0 Å². The number of halogens is 2. The van der Waals surface area contributed by atoms with Crippen molar-refractivity contribution in [2.75, 3.05) is 25.8 Å². The van der Waals surface area contributed by atoms with Crippen molar-refractivity contribution < 1.29 is 18.6 Å². The molecular weight excluding hydrogens is 515 g/mol. The molecule has 10 heteroatoms. The lowest BCUT2D eigenvalue weighted by molar-refractivity contribution is 0.222. The van der Waals surface area contributed by atoms with Crippen LogP contribution in [-0.4, -0.2) is 35.2 Å². The number of fused-ring (bicyclic) bond motifs is 3. The summed E-state index contributed by atoms with van der Waals surface area (Å²) >= 11 is 7.86. The summed E-state index contributed by atoms with van der Waals surface area (Å²) in [7, 11) is 3.20. The smallest absolute Gasteiger partial charge is 0.227 e. The maximum Gasteiger partial charge on any atom is 0.227 e. The summed E-state index contributed by atoms with van der Waals surface area (Å²) in [6.45, 7) is 0. The summed E-state index contributed by atoms with van der Waals surface area (Å²) in [5.41, 5.74) is 4.22. The van der Waals surface area contributed by atoms with Crippen molar-refractivity contribution >= 4 is 35.0 Å². The van der Waals surface area contributed by atoms with E-state index in [1.165, 1.54) is 23.9 Å². The maximum atomic E-state index is 14.0. The van der Waals surface area contributed by atoms with Crippen LogP contribution in [0.15, 0.2) is 71.4 Å². The Morgan fingerprint density at radius 3 is 2.49 bits per heavy atom. The van der Waals surface area contributed by atoms with Gasteiger partial charge in [0.2, 0.25) is 11.1 Å². The first-order valence-corrected chi connectivity index (χ1v) is 13.1. The molecular formula is C27H22ClFN4O3S. The van der Waals surface area contributed by atoms with E-state index in [9.17, 15) is 4.39 Å². The van der Waals surface area contributed by atoms with E-state index in [2.05, 4.69) is 10.3 Å². The number of hydrogen-bond acceptors (Lipinski definition) is 7. The number of ether oxygens (including phenoxy) is 3. The molecule has 7 nitrogen and oxygen atoms in total. The highest BCUT2D eigenvalue weighted by Gasteiger charge is 2.41. The van der Waals surface area contributed by atoms with E-state index < -0.39 is 12.1 Å². The third-order valence-electron chi connectivity index (χ3n) is 6.49. The van der Waals surface area contributed by atoms with Gasteiger partial charge in [-0.05, 0) is 54.3 Å². The Labute approximate surface area is 222 Å². The average molecular weight is 537 g/mol. The van der Waals surface area contributed by atoms with Gasteiger partial charge in [-0.3, -0.25) is 0 Å². The lowest BCUT2D eigenvalue weighted by Gasteiger charge is -2.39. The number of rotatable bonds is 5. The predicted octanol–water partition coefficient (Wildman–Crippen LogP) is 6.37. The van der Waals surface area contributed by atoms with Gasteiger partial charge in [0.15, 0.2) is 11.5 Å². The Hall–Kier alpha value is -3.69. The van der Waals surface area contributed by atoms with Gasteiger partial charge in [0, 0.05) is 21.7 Å². The molecule has 0 amide bonds. The predicted molar refractivity (Wildman–Crippen MR) is 141 cm³/mol. The minimum atomic E-state index is -0.527. The average Bonchev–Trinajstić information content (AvgIpc) is 3.35. The number of hydrogen-bond donors (Lipinski definition) is 1. The van der Waals surface area contributed by atoms with Crippen LogP contribution in [0.5, 0.6) is 17.2 Å². The van der Waals surface area contributed by atoms with E-state index in [1.807, 2.05) is 41.3 Å². The first-order chi connectivity index (χ1) is 18.0. The Kier molecular flexibility index (Phi) is 5.97. The molecule has 1 aromatic heterocycles. The fraction of sp³-hybridized carbons (Fsp3) is 0.185. The van der Waals surface area contributed by atoms with Gasteiger partial charge in [-0.2, -0.15) is 4.98 Å². The van der Waals surface area contributed by atoms with Gasteiger partial charge in [0.05, 0.1) is 19.9 Å². The fourth-order valence-corrected chi connectivity index (χ4v) is 5.34. The van der Waals surface area contributed by atoms with E-state index in [-0.39, 0.29) is 5.82 Å². The van der Waals surface area contributed by atoms with Crippen molar-refractivity contribution in [3.05, 3.63) is 93.8 Å². The molecule has 0 saturated heterocycles. The number of thioether (sulfide) groups is 1. The highest BCUT2D eigenvalue weighted by molar-refractivity contribution is 7.98. The molecule has 2 aliphatic rings. The molecule has 1 N–H and O–H groups in total. The molecule has 0 unspecified atom stereocenters. The minimum absolute atomic E-state index is 0.316. The fourth-order valence-electron chi connectivity index (χ4n) is 4.83. The SMILES string of the molecule is COc1ccc([C@H]2Oc3ccc(Cl)cc3C3=C2[C@H](c2ccc(F)cc2)n2nc(SC)nc2N3)cc1OC. The maximum absolute atomic E-state index is 14.0. The van der Waals surface area contributed by atoms with Gasteiger partial charge in [-0.15, -0.1) is 5.10 Å². The first kappa shape index (κ1) is 23.7. The molecule has 3 heterocycles. The second-order valence-electron chi connectivity index (χ2n) is 8.53. The van der Waals surface area contributed by atoms with Crippen LogP contribution < -0.4 is 19.5 Å².